The van der Waals surface area contributed by atoms with Crippen LogP contribution in [0, 0.1) is 0 Å². The fourth-order valence-electron chi connectivity index (χ4n) is 2.78. The molecule has 0 spiro atoms. The van der Waals surface area contributed by atoms with Gasteiger partial charge in [-0.2, -0.15) is 0 Å². The molecule has 1 aliphatic rings. The molecule has 3 atom stereocenters. The molecular formula is C20H25NO5. The zero-order valence-electron chi connectivity index (χ0n) is 14.8. The smallest absolute Gasteiger partial charge is 0.417 e. The molecule has 140 valence electrons. The average Bonchev–Trinajstić information content (AvgIpc) is 3.01. The Bertz CT molecular complexity index is 630. The Labute approximate surface area is 153 Å². The van der Waals surface area contributed by atoms with Crippen LogP contribution in [0.15, 0.2) is 55.6 Å². The van der Waals surface area contributed by atoms with Gasteiger partial charge in [-0.05, 0) is 24.8 Å². The van der Waals surface area contributed by atoms with Gasteiger partial charge in [0, 0.05) is 6.61 Å². The fourth-order valence-corrected chi connectivity index (χ4v) is 2.78. The number of allylic oxidation sites excluding steroid dienone is 1. The number of cyclic esters (lactones) is 1. The molecule has 1 N–H and O–H groups in total. The zero-order valence-corrected chi connectivity index (χ0v) is 14.8. The summed E-state index contributed by atoms with van der Waals surface area (Å²) in [5.74, 6) is -0.612. The first-order valence-electron chi connectivity index (χ1n) is 8.65. The van der Waals surface area contributed by atoms with Crippen LogP contribution in [-0.4, -0.2) is 53.5 Å². The highest BCUT2D eigenvalue weighted by molar-refractivity contribution is 5.96. The van der Waals surface area contributed by atoms with E-state index in [-0.39, 0.29) is 13.2 Å². The highest BCUT2D eigenvalue weighted by Gasteiger charge is 2.42. The molecule has 0 aromatic heterocycles. The summed E-state index contributed by atoms with van der Waals surface area (Å²) in [6.45, 7) is 7.52. The lowest BCUT2D eigenvalue weighted by Gasteiger charge is -2.26. The van der Waals surface area contributed by atoms with Crippen LogP contribution >= 0.6 is 0 Å². The first-order valence-corrected chi connectivity index (χ1v) is 8.65. The maximum absolute atomic E-state index is 12.9. The summed E-state index contributed by atoms with van der Waals surface area (Å²) in [4.78, 5) is 26.1. The van der Waals surface area contributed by atoms with Gasteiger partial charge in [-0.1, -0.05) is 42.5 Å². The van der Waals surface area contributed by atoms with Gasteiger partial charge in [-0.3, -0.25) is 4.79 Å². The second kappa shape index (κ2) is 9.89. The number of rotatable bonds is 10. The molecule has 0 bridgehead atoms. The van der Waals surface area contributed by atoms with Gasteiger partial charge in [0.25, 0.3) is 5.91 Å². The van der Waals surface area contributed by atoms with Crippen molar-refractivity contribution in [3.63, 3.8) is 0 Å². The van der Waals surface area contributed by atoms with Crippen molar-refractivity contribution in [3.8, 4) is 0 Å². The van der Waals surface area contributed by atoms with E-state index in [2.05, 4.69) is 13.2 Å². The van der Waals surface area contributed by atoms with Crippen LogP contribution in [0.25, 0.3) is 0 Å². The summed E-state index contributed by atoms with van der Waals surface area (Å²) >= 11 is 0. The molecule has 0 saturated carbocycles. The lowest BCUT2D eigenvalue weighted by molar-refractivity contribution is -0.147. The van der Waals surface area contributed by atoms with E-state index in [9.17, 15) is 14.7 Å². The molecule has 1 aromatic carbocycles. The minimum atomic E-state index is -1.21. The monoisotopic (exact) mass is 359 g/mol. The number of ether oxygens (including phenoxy) is 2. The molecule has 1 heterocycles. The maximum Gasteiger partial charge on any atom is 0.417 e. The normalized spacial score (nSPS) is 18.9. The molecule has 1 aromatic rings. The van der Waals surface area contributed by atoms with Crippen LogP contribution in [-0.2, 0) is 20.7 Å². The van der Waals surface area contributed by atoms with Gasteiger partial charge in [0.15, 0.2) is 6.10 Å². The molecule has 1 fully saturated rings. The van der Waals surface area contributed by atoms with Gasteiger partial charge >= 0.3 is 6.09 Å². The summed E-state index contributed by atoms with van der Waals surface area (Å²) in [5, 5.41) is 10.1. The van der Waals surface area contributed by atoms with Gasteiger partial charge in [0.2, 0.25) is 0 Å². The minimum absolute atomic E-state index is 0.118. The second-order valence-corrected chi connectivity index (χ2v) is 6.08. The Morgan fingerprint density at radius 2 is 2.12 bits per heavy atom. The number of amides is 2. The molecule has 2 amide bonds. The van der Waals surface area contributed by atoms with E-state index in [0.717, 1.165) is 16.9 Å². The Hall–Kier alpha value is -2.44. The van der Waals surface area contributed by atoms with E-state index in [4.69, 9.17) is 9.47 Å². The molecule has 6 nitrogen and oxygen atoms in total. The third-order valence-electron chi connectivity index (χ3n) is 4.16. The first kappa shape index (κ1) is 19.9. The van der Waals surface area contributed by atoms with Crippen LogP contribution in [0.5, 0.6) is 0 Å². The fraction of sp³-hybridized carbons (Fsp3) is 0.400. The second-order valence-electron chi connectivity index (χ2n) is 6.08. The van der Waals surface area contributed by atoms with Crippen molar-refractivity contribution in [2.75, 3.05) is 13.2 Å². The van der Waals surface area contributed by atoms with Crippen molar-refractivity contribution >= 4 is 12.0 Å². The SMILES string of the molecule is C=CCCCO[C@H](C(=O)N1C(=O)OC[C@@H]1Cc1ccccc1)[C@H](O)C=C. The number of unbranched alkanes of at least 4 members (excludes halogenated alkanes) is 1. The Morgan fingerprint density at radius 1 is 1.38 bits per heavy atom. The number of nitrogens with zero attached hydrogens (tertiary/aromatic N) is 1. The van der Waals surface area contributed by atoms with E-state index >= 15 is 0 Å². The summed E-state index contributed by atoms with van der Waals surface area (Å²) in [6.07, 6.45) is 1.72. The van der Waals surface area contributed by atoms with Gasteiger partial charge < -0.3 is 14.6 Å². The standard InChI is InChI=1S/C20H25NO5/c1-3-5-9-12-25-18(17(22)4-2)19(23)21-16(14-26-20(21)24)13-15-10-7-6-8-11-15/h3-4,6-8,10-11,16-18,22H,1-2,5,9,12-14H2/t16-,17+,18-/m0/s1. The lowest BCUT2D eigenvalue weighted by atomic mass is 10.0. The summed E-state index contributed by atoms with van der Waals surface area (Å²) in [6, 6.07) is 9.10. The molecule has 1 saturated heterocycles. The Morgan fingerprint density at radius 3 is 2.77 bits per heavy atom. The van der Waals surface area contributed by atoms with Gasteiger partial charge in [0.05, 0.1) is 6.04 Å². The summed E-state index contributed by atoms with van der Waals surface area (Å²) in [7, 11) is 0. The molecule has 2 rings (SSSR count). The number of imide groups is 1. The van der Waals surface area contributed by atoms with Crippen LogP contribution in [0.4, 0.5) is 4.79 Å². The quantitative estimate of drug-likeness (QED) is 0.513. The number of aliphatic hydroxyl groups is 1. The van der Waals surface area contributed by atoms with Crippen LogP contribution in [0.1, 0.15) is 18.4 Å². The van der Waals surface area contributed by atoms with Crippen LogP contribution in [0.3, 0.4) is 0 Å². The maximum atomic E-state index is 12.9. The first-order chi connectivity index (χ1) is 12.6. The third-order valence-corrected chi connectivity index (χ3v) is 4.16. The number of carbonyl (C=O) groups excluding carboxylic acids is 2. The molecule has 6 heteroatoms. The van der Waals surface area contributed by atoms with Crippen molar-refractivity contribution in [2.24, 2.45) is 0 Å². The molecule has 26 heavy (non-hydrogen) atoms. The molecule has 1 aliphatic heterocycles. The molecular weight excluding hydrogens is 334 g/mol. The van der Waals surface area contributed by atoms with Crippen molar-refractivity contribution in [1.82, 2.24) is 4.90 Å². The van der Waals surface area contributed by atoms with E-state index < -0.39 is 30.3 Å². The Balaban J connectivity index is 2.11. The molecule has 0 aliphatic carbocycles. The number of hydrogen-bond donors (Lipinski definition) is 1. The van der Waals surface area contributed by atoms with Crippen LogP contribution < -0.4 is 0 Å². The van der Waals surface area contributed by atoms with Gasteiger partial charge in [-0.25, -0.2) is 9.69 Å². The largest absolute Gasteiger partial charge is 0.447 e. The Kier molecular flexibility index (Phi) is 7.56. The van der Waals surface area contributed by atoms with Gasteiger partial charge in [-0.15, -0.1) is 13.2 Å². The summed E-state index contributed by atoms with van der Waals surface area (Å²) < 4.78 is 10.6. The van der Waals surface area contributed by atoms with E-state index in [1.807, 2.05) is 30.3 Å². The van der Waals surface area contributed by atoms with Crippen molar-refractivity contribution < 1.29 is 24.2 Å². The molecule has 0 radical (unpaired) electrons. The van der Waals surface area contributed by atoms with Crippen molar-refractivity contribution in [3.05, 3.63) is 61.2 Å². The summed E-state index contributed by atoms with van der Waals surface area (Å²) in [5.41, 5.74) is 0.987. The molecule has 0 unspecified atom stereocenters. The lowest BCUT2D eigenvalue weighted by Crippen LogP contribution is -2.50. The van der Waals surface area contributed by atoms with E-state index in [1.54, 1.807) is 6.08 Å². The topological polar surface area (TPSA) is 76.1 Å². The minimum Gasteiger partial charge on any atom is -0.447 e. The number of hydrogen-bond acceptors (Lipinski definition) is 5. The van der Waals surface area contributed by atoms with Crippen molar-refractivity contribution in [2.45, 2.75) is 37.5 Å². The van der Waals surface area contributed by atoms with E-state index in [1.165, 1.54) is 6.08 Å². The predicted molar refractivity (Wildman–Crippen MR) is 97.5 cm³/mol. The highest BCUT2D eigenvalue weighted by atomic mass is 16.6. The predicted octanol–water partition coefficient (Wildman–Crippen LogP) is 2.47. The number of aliphatic hydroxyl groups excluding tert-OH is 1. The van der Waals surface area contributed by atoms with Crippen LogP contribution in [0.2, 0.25) is 0 Å². The number of benzene rings is 1. The van der Waals surface area contributed by atoms with Crippen molar-refractivity contribution in [1.29, 1.82) is 0 Å². The zero-order chi connectivity index (χ0) is 18.9. The number of carbonyl (C=O) groups is 2. The van der Waals surface area contributed by atoms with E-state index in [0.29, 0.717) is 12.8 Å². The average molecular weight is 359 g/mol. The van der Waals surface area contributed by atoms with Gasteiger partial charge in [0.1, 0.15) is 12.7 Å². The third kappa shape index (κ3) is 5.03. The highest BCUT2D eigenvalue weighted by Crippen LogP contribution is 2.20.